The van der Waals surface area contributed by atoms with E-state index in [4.69, 9.17) is 0 Å². The monoisotopic (exact) mass is 453 g/mol. The highest BCUT2D eigenvalue weighted by Crippen LogP contribution is 2.24. The summed E-state index contributed by atoms with van der Waals surface area (Å²) in [7, 11) is 0. The van der Waals surface area contributed by atoms with Crippen molar-refractivity contribution in [3.8, 4) is 0 Å². The van der Waals surface area contributed by atoms with Crippen LogP contribution in [0.4, 0.5) is 4.39 Å². The third-order valence-corrected chi connectivity index (χ3v) is 6.41. The minimum absolute atomic E-state index is 0.00600. The number of rotatable bonds is 7. The van der Waals surface area contributed by atoms with Crippen molar-refractivity contribution in [3.63, 3.8) is 0 Å². The molecule has 7 heteroatoms. The number of hydrogen-bond donors (Lipinski definition) is 1. The van der Waals surface area contributed by atoms with Crippen molar-refractivity contribution in [1.29, 1.82) is 0 Å². The molecule has 1 heterocycles. The summed E-state index contributed by atoms with van der Waals surface area (Å²) in [6.07, 6.45) is 1.22. The van der Waals surface area contributed by atoms with E-state index in [1.807, 2.05) is 49.9 Å². The first-order valence-electron chi connectivity index (χ1n) is 11.6. The second-order valence-electron chi connectivity index (χ2n) is 8.41. The molecule has 176 valence electrons. The summed E-state index contributed by atoms with van der Waals surface area (Å²) < 4.78 is 13.3. The Kier molecular flexibility index (Phi) is 8.20. The highest BCUT2D eigenvalue weighted by atomic mass is 19.1. The second kappa shape index (κ2) is 11.1. The van der Waals surface area contributed by atoms with Crippen LogP contribution in [0.5, 0.6) is 0 Å². The fourth-order valence-corrected chi connectivity index (χ4v) is 4.36. The smallest absolute Gasteiger partial charge is 0.254 e. The van der Waals surface area contributed by atoms with Gasteiger partial charge < -0.3 is 15.1 Å². The van der Waals surface area contributed by atoms with Gasteiger partial charge in [0.05, 0.1) is 0 Å². The lowest BCUT2D eigenvalue weighted by Gasteiger charge is -2.37. The maximum Gasteiger partial charge on any atom is 0.254 e. The number of hydrogen-bond acceptors (Lipinski definition) is 3. The SMILES string of the molecule is CCN(CC)C(=O)C(NC(=O)c1ccc(F)cc1)C1CCN(C(=O)c2ccccc2C)CC1. The Hall–Kier alpha value is -3.22. The number of likely N-dealkylation sites (N-methyl/N-ethyl adjacent to an activating group) is 1. The molecule has 6 nitrogen and oxygen atoms in total. The number of likely N-dealkylation sites (tertiary alicyclic amines) is 1. The van der Waals surface area contributed by atoms with Gasteiger partial charge in [-0.1, -0.05) is 18.2 Å². The van der Waals surface area contributed by atoms with Crippen LogP contribution in [0.3, 0.4) is 0 Å². The summed E-state index contributed by atoms with van der Waals surface area (Å²) in [6, 6.07) is 12.1. The van der Waals surface area contributed by atoms with Crippen LogP contribution >= 0.6 is 0 Å². The van der Waals surface area contributed by atoms with E-state index in [-0.39, 0.29) is 17.7 Å². The Bertz CT molecular complexity index is 981. The molecule has 1 saturated heterocycles. The quantitative estimate of drug-likeness (QED) is 0.696. The third kappa shape index (κ3) is 5.78. The Morgan fingerprint density at radius 3 is 2.21 bits per heavy atom. The molecule has 0 spiro atoms. The molecule has 0 saturated carbocycles. The van der Waals surface area contributed by atoms with Crippen molar-refractivity contribution in [2.24, 2.45) is 5.92 Å². The maximum absolute atomic E-state index is 13.3. The van der Waals surface area contributed by atoms with E-state index in [0.29, 0.717) is 50.1 Å². The molecule has 3 amide bonds. The molecule has 1 N–H and O–H groups in total. The number of nitrogens with zero attached hydrogens (tertiary/aromatic N) is 2. The second-order valence-corrected chi connectivity index (χ2v) is 8.41. The molecule has 1 aliphatic heterocycles. The topological polar surface area (TPSA) is 69.7 Å². The summed E-state index contributed by atoms with van der Waals surface area (Å²) >= 11 is 0. The van der Waals surface area contributed by atoms with Gasteiger partial charge in [-0.2, -0.15) is 0 Å². The van der Waals surface area contributed by atoms with E-state index in [1.165, 1.54) is 24.3 Å². The Balaban J connectivity index is 1.73. The molecule has 0 aromatic heterocycles. The standard InChI is InChI=1S/C26H32FN3O3/c1-4-29(5-2)26(33)23(28-24(31)20-10-12-21(27)13-11-20)19-14-16-30(17-15-19)25(32)22-9-7-6-8-18(22)3/h6-13,19,23H,4-5,14-17H2,1-3H3,(H,28,31). The molecule has 2 aromatic carbocycles. The van der Waals surface area contributed by atoms with Crippen molar-refractivity contribution >= 4 is 17.7 Å². The number of nitrogens with one attached hydrogen (secondary N) is 1. The van der Waals surface area contributed by atoms with Gasteiger partial charge in [-0.05, 0) is 75.4 Å². The summed E-state index contributed by atoms with van der Waals surface area (Å²) in [5.41, 5.74) is 1.93. The van der Waals surface area contributed by atoms with Gasteiger partial charge in [0.15, 0.2) is 0 Å². The van der Waals surface area contributed by atoms with Gasteiger partial charge in [-0.15, -0.1) is 0 Å². The average molecular weight is 454 g/mol. The fraction of sp³-hybridized carbons (Fsp3) is 0.423. The highest BCUT2D eigenvalue weighted by molar-refractivity contribution is 5.98. The van der Waals surface area contributed by atoms with Crippen LogP contribution in [0.25, 0.3) is 0 Å². The van der Waals surface area contributed by atoms with Crippen molar-refractivity contribution in [1.82, 2.24) is 15.1 Å². The van der Waals surface area contributed by atoms with Crippen LogP contribution in [0.1, 0.15) is 53.0 Å². The molecule has 0 radical (unpaired) electrons. The lowest BCUT2D eigenvalue weighted by Crippen LogP contribution is -2.54. The lowest BCUT2D eigenvalue weighted by molar-refractivity contribution is -0.134. The van der Waals surface area contributed by atoms with Crippen molar-refractivity contribution in [2.75, 3.05) is 26.2 Å². The van der Waals surface area contributed by atoms with Crippen molar-refractivity contribution in [2.45, 2.75) is 39.7 Å². The lowest BCUT2D eigenvalue weighted by atomic mass is 9.87. The van der Waals surface area contributed by atoms with E-state index >= 15 is 0 Å². The predicted octanol–water partition coefficient (Wildman–Crippen LogP) is 3.65. The van der Waals surface area contributed by atoms with E-state index in [9.17, 15) is 18.8 Å². The first kappa shape index (κ1) is 24.4. The zero-order valence-electron chi connectivity index (χ0n) is 19.5. The number of piperidine rings is 1. The Morgan fingerprint density at radius 1 is 1.03 bits per heavy atom. The number of amides is 3. The van der Waals surface area contributed by atoms with E-state index in [1.54, 1.807) is 4.90 Å². The predicted molar refractivity (Wildman–Crippen MR) is 125 cm³/mol. The number of halogens is 1. The molecule has 33 heavy (non-hydrogen) atoms. The number of aryl methyl sites for hydroxylation is 1. The van der Waals surface area contributed by atoms with E-state index < -0.39 is 17.8 Å². The molecule has 3 rings (SSSR count). The van der Waals surface area contributed by atoms with Crippen LogP contribution in [-0.2, 0) is 4.79 Å². The minimum atomic E-state index is -0.696. The van der Waals surface area contributed by atoms with Gasteiger partial charge in [-0.3, -0.25) is 14.4 Å². The zero-order chi connectivity index (χ0) is 24.0. The van der Waals surface area contributed by atoms with Gasteiger partial charge in [0, 0.05) is 37.3 Å². The molecule has 0 bridgehead atoms. The van der Waals surface area contributed by atoms with Crippen molar-refractivity contribution < 1.29 is 18.8 Å². The van der Waals surface area contributed by atoms with E-state index in [2.05, 4.69) is 5.32 Å². The van der Waals surface area contributed by atoms with Gasteiger partial charge in [0.2, 0.25) is 5.91 Å². The van der Waals surface area contributed by atoms with Crippen LogP contribution in [0.15, 0.2) is 48.5 Å². The summed E-state index contributed by atoms with van der Waals surface area (Å²) in [4.78, 5) is 42.6. The Morgan fingerprint density at radius 2 is 1.64 bits per heavy atom. The molecular weight excluding hydrogens is 421 g/mol. The van der Waals surface area contributed by atoms with Gasteiger partial charge >= 0.3 is 0 Å². The van der Waals surface area contributed by atoms with Gasteiger partial charge in [0.1, 0.15) is 11.9 Å². The molecular formula is C26H32FN3O3. The molecule has 0 aliphatic carbocycles. The van der Waals surface area contributed by atoms with Crippen LogP contribution in [0, 0.1) is 18.7 Å². The van der Waals surface area contributed by atoms with E-state index in [0.717, 1.165) is 5.56 Å². The number of carbonyl (C=O) groups is 3. The highest BCUT2D eigenvalue weighted by Gasteiger charge is 2.36. The first-order chi connectivity index (χ1) is 15.8. The van der Waals surface area contributed by atoms with Crippen LogP contribution < -0.4 is 5.32 Å². The van der Waals surface area contributed by atoms with Crippen molar-refractivity contribution in [3.05, 3.63) is 71.0 Å². The summed E-state index contributed by atoms with van der Waals surface area (Å²) in [5, 5.41) is 2.90. The summed E-state index contributed by atoms with van der Waals surface area (Å²) in [5.74, 6) is -1.05. The molecule has 1 atom stereocenters. The average Bonchev–Trinajstić information content (AvgIpc) is 2.83. The van der Waals surface area contributed by atoms with Gasteiger partial charge in [-0.25, -0.2) is 4.39 Å². The molecule has 1 fully saturated rings. The largest absolute Gasteiger partial charge is 0.341 e. The van der Waals surface area contributed by atoms with Gasteiger partial charge in [0.25, 0.3) is 11.8 Å². The Labute approximate surface area is 194 Å². The fourth-order valence-electron chi connectivity index (χ4n) is 4.36. The number of carbonyl (C=O) groups excluding carboxylic acids is 3. The molecule has 2 aromatic rings. The first-order valence-corrected chi connectivity index (χ1v) is 11.6. The number of benzene rings is 2. The normalized spacial score (nSPS) is 15.1. The van der Waals surface area contributed by atoms with Crippen LogP contribution in [-0.4, -0.2) is 59.7 Å². The summed E-state index contributed by atoms with van der Waals surface area (Å²) in [6.45, 7) is 7.86. The zero-order valence-corrected chi connectivity index (χ0v) is 19.5. The molecule has 1 unspecified atom stereocenters. The third-order valence-electron chi connectivity index (χ3n) is 6.41. The van der Waals surface area contributed by atoms with Crippen LogP contribution in [0.2, 0.25) is 0 Å². The maximum atomic E-state index is 13.3. The minimum Gasteiger partial charge on any atom is -0.341 e. The molecule has 1 aliphatic rings.